The number of halogens is 3. The molecule has 20 heavy (non-hydrogen) atoms. The van der Waals surface area contributed by atoms with Crippen LogP contribution in [0, 0.1) is 0 Å². The zero-order valence-electron chi connectivity index (χ0n) is 10.2. The van der Waals surface area contributed by atoms with Gasteiger partial charge in [0.05, 0.1) is 16.2 Å². The molecule has 0 spiro atoms. The summed E-state index contributed by atoms with van der Waals surface area (Å²) in [5.41, 5.74) is 1.84. The lowest BCUT2D eigenvalue weighted by Crippen LogP contribution is -1.99. The number of aromatic nitrogens is 1. The van der Waals surface area contributed by atoms with Gasteiger partial charge in [0, 0.05) is 27.5 Å². The van der Waals surface area contributed by atoms with Crippen LogP contribution in [-0.2, 0) is 6.54 Å². The van der Waals surface area contributed by atoms with Gasteiger partial charge in [-0.1, -0.05) is 23.2 Å². The van der Waals surface area contributed by atoms with E-state index in [0.29, 0.717) is 11.6 Å². The van der Waals surface area contributed by atoms with Crippen LogP contribution in [0.3, 0.4) is 0 Å². The number of anilines is 1. The number of fused-ring (bicyclic) bond motifs is 1. The average molecular weight is 388 g/mol. The van der Waals surface area contributed by atoms with Crippen molar-refractivity contribution in [2.75, 3.05) is 5.32 Å². The highest BCUT2D eigenvalue weighted by atomic mass is 79.9. The maximum atomic E-state index is 6.18. The molecule has 0 unspecified atom stereocenters. The van der Waals surface area contributed by atoms with E-state index in [4.69, 9.17) is 23.2 Å². The van der Waals surface area contributed by atoms with Crippen molar-refractivity contribution < 1.29 is 0 Å². The van der Waals surface area contributed by atoms with Crippen LogP contribution >= 0.6 is 50.5 Å². The molecule has 0 bridgehead atoms. The number of nitrogens with one attached hydrogen (secondary N) is 1. The van der Waals surface area contributed by atoms with Gasteiger partial charge in [0.15, 0.2) is 0 Å². The highest BCUT2D eigenvalue weighted by molar-refractivity contribution is 9.10. The Balaban J connectivity index is 1.89. The number of pyridine rings is 1. The smallest absolute Gasteiger partial charge is 0.107 e. The van der Waals surface area contributed by atoms with E-state index < -0.39 is 0 Å². The fraction of sp³-hybridized carbons (Fsp3) is 0.0714. The predicted molar refractivity (Wildman–Crippen MR) is 91.1 cm³/mol. The molecule has 0 saturated heterocycles. The average Bonchev–Trinajstić information content (AvgIpc) is 2.77. The minimum absolute atomic E-state index is 0.698. The monoisotopic (exact) mass is 386 g/mol. The summed E-state index contributed by atoms with van der Waals surface area (Å²) in [7, 11) is 0. The Labute approximate surface area is 138 Å². The van der Waals surface area contributed by atoms with Crippen molar-refractivity contribution in [3.63, 3.8) is 0 Å². The van der Waals surface area contributed by atoms with E-state index >= 15 is 0 Å². The van der Waals surface area contributed by atoms with Gasteiger partial charge in [0.25, 0.3) is 0 Å². The molecule has 6 heteroatoms. The molecule has 2 aromatic heterocycles. The first-order chi connectivity index (χ1) is 9.65. The number of hydrogen-bond acceptors (Lipinski definition) is 3. The zero-order chi connectivity index (χ0) is 14.1. The van der Waals surface area contributed by atoms with E-state index in [1.165, 1.54) is 0 Å². The predicted octanol–water partition coefficient (Wildman–Crippen LogP) is 5.98. The first-order valence-electron chi connectivity index (χ1n) is 5.86. The summed E-state index contributed by atoms with van der Waals surface area (Å²) in [6.07, 6.45) is 1.77. The van der Waals surface area contributed by atoms with Crippen LogP contribution in [0.15, 0.2) is 41.0 Å². The lowest BCUT2D eigenvalue weighted by Gasteiger charge is -2.09. The van der Waals surface area contributed by atoms with Gasteiger partial charge in [-0.2, -0.15) is 0 Å². The second-order valence-electron chi connectivity index (χ2n) is 4.18. The van der Waals surface area contributed by atoms with Crippen LogP contribution in [0.4, 0.5) is 5.69 Å². The van der Waals surface area contributed by atoms with E-state index in [0.717, 1.165) is 30.3 Å². The summed E-state index contributed by atoms with van der Waals surface area (Å²) >= 11 is 17.2. The first-order valence-corrected chi connectivity index (χ1v) is 8.22. The second-order valence-corrected chi connectivity index (χ2v) is 7.18. The van der Waals surface area contributed by atoms with E-state index in [2.05, 4.69) is 26.2 Å². The maximum absolute atomic E-state index is 6.18. The zero-order valence-corrected chi connectivity index (χ0v) is 14.1. The molecular formula is C14H9BrCl2N2S. The normalized spacial score (nSPS) is 10.9. The molecule has 2 nitrogen and oxygen atoms in total. The van der Waals surface area contributed by atoms with Crippen molar-refractivity contribution in [1.29, 1.82) is 0 Å². The molecule has 0 aliphatic rings. The van der Waals surface area contributed by atoms with Crippen molar-refractivity contribution in [2.24, 2.45) is 0 Å². The van der Waals surface area contributed by atoms with Gasteiger partial charge in [-0.15, -0.1) is 11.3 Å². The molecule has 2 heterocycles. The Hall–Kier alpha value is -0.810. The SMILES string of the molecule is Clc1sc(CNc2ccc(Cl)c3cccnc23)cc1Br. The fourth-order valence-electron chi connectivity index (χ4n) is 1.94. The molecule has 102 valence electrons. The van der Waals surface area contributed by atoms with E-state index in [-0.39, 0.29) is 0 Å². The minimum atomic E-state index is 0.698. The lowest BCUT2D eigenvalue weighted by atomic mass is 10.2. The molecule has 0 atom stereocenters. The summed E-state index contributed by atoms with van der Waals surface area (Å²) in [5, 5.41) is 5.04. The summed E-state index contributed by atoms with van der Waals surface area (Å²) in [4.78, 5) is 5.55. The molecule has 1 N–H and O–H groups in total. The van der Waals surface area contributed by atoms with E-state index in [1.54, 1.807) is 17.5 Å². The maximum Gasteiger partial charge on any atom is 0.107 e. The number of benzene rings is 1. The van der Waals surface area contributed by atoms with Gasteiger partial charge in [0.2, 0.25) is 0 Å². The van der Waals surface area contributed by atoms with Crippen LogP contribution < -0.4 is 5.32 Å². The Morgan fingerprint density at radius 2 is 2.10 bits per heavy atom. The molecular weight excluding hydrogens is 379 g/mol. The fourth-order valence-corrected chi connectivity index (χ4v) is 3.89. The molecule has 0 aliphatic carbocycles. The Morgan fingerprint density at radius 1 is 1.25 bits per heavy atom. The summed E-state index contributed by atoms with van der Waals surface area (Å²) in [6, 6.07) is 9.70. The Morgan fingerprint density at radius 3 is 2.85 bits per heavy atom. The van der Waals surface area contributed by atoms with E-state index in [1.807, 2.05) is 30.3 Å². The van der Waals surface area contributed by atoms with Gasteiger partial charge in [-0.25, -0.2) is 0 Å². The summed E-state index contributed by atoms with van der Waals surface area (Å²) in [5.74, 6) is 0. The van der Waals surface area contributed by atoms with Crippen molar-refractivity contribution in [3.8, 4) is 0 Å². The van der Waals surface area contributed by atoms with Gasteiger partial charge in [-0.05, 0) is 46.3 Å². The number of hydrogen-bond donors (Lipinski definition) is 1. The summed E-state index contributed by atoms with van der Waals surface area (Å²) in [6.45, 7) is 0.698. The Kier molecular flexibility index (Phi) is 4.17. The standard InChI is InChI=1S/C14H9BrCl2N2S/c15-10-6-8(20-14(10)17)7-19-12-4-3-11(16)9-2-1-5-18-13(9)12/h1-6,19H,7H2. The number of nitrogens with zero attached hydrogens (tertiary/aromatic N) is 1. The third-order valence-electron chi connectivity index (χ3n) is 2.87. The molecule has 1 aromatic carbocycles. The van der Waals surface area contributed by atoms with Crippen LogP contribution in [0.5, 0.6) is 0 Å². The Bertz CT molecular complexity index is 753. The van der Waals surface area contributed by atoms with Gasteiger partial charge in [0.1, 0.15) is 4.34 Å². The number of rotatable bonds is 3. The topological polar surface area (TPSA) is 24.9 Å². The number of thiophene rings is 1. The van der Waals surface area contributed by atoms with Gasteiger partial charge < -0.3 is 5.32 Å². The van der Waals surface area contributed by atoms with Gasteiger partial charge >= 0.3 is 0 Å². The van der Waals surface area contributed by atoms with Crippen LogP contribution in [-0.4, -0.2) is 4.98 Å². The quantitative estimate of drug-likeness (QED) is 0.598. The van der Waals surface area contributed by atoms with Crippen LogP contribution in [0.25, 0.3) is 10.9 Å². The summed E-state index contributed by atoms with van der Waals surface area (Å²) < 4.78 is 1.70. The molecule has 3 aromatic rings. The first kappa shape index (κ1) is 14.1. The second kappa shape index (κ2) is 5.90. The molecule has 0 amide bonds. The molecule has 0 aliphatic heterocycles. The largest absolute Gasteiger partial charge is 0.378 e. The highest BCUT2D eigenvalue weighted by Gasteiger charge is 2.07. The molecule has 0 saturated carbocycles. The van der Waals surface area contributed by atoms with Gasteiger partial charge in [-0.3, -0.25) is 4.98 Å². The van der Waals surface area contributed by atoms with E-state index in [9.17, 15) is 0 Å². The highest BCUT2D eigenvalue weighted by Crippen LogP contribution is 2.33. The molecule has 0 radical (unpaired) electrons. The van der Waals surface area contributed by atoms with Crippen LogP contribution in [0.2, 0.25) is 9.36 Å². The molecule has 3 rings (SSSR count). The third-order valence-corrected chi connectivity index (χ3v) is 5.67. The third kappa shape index (κ3) is 2.79. The van der Waals surface area contributed by atoms with Crippen molar-refractivity contribution >= 4 is 67.1 Å². The lowest BCUT2D eigenvalue weighted by molar-refractivity contribution is 1.19. The van der Waals surface area contributed by atoms with Crippen LogP contribution in [0.1, 0.15) is 4.88 Å². The van der Waals surface area contributed by atoms with Crippen molar-refractivity contribution in [1.82, 2.24) is 4.98 Å². The minimum Gasteiger partial charge on any atom is -0.378 e. The molecule has 0 fully saturated rings. The van der Waals surface area contributed by atoms with Crippen molar-refractivity contribution in [3.05, 3.63) is 55.2 Å². The van der Waals surface area contributed by atoms with Crippen molar-refractivity contribution in [2.45, 2.75) is 6.54 Å².